The summed E-state index contributed by atoms with van der Waals surface area (Å²) in [5.74, 6) is -2.55. The predicted molar refractivity (Wildman–Crippen MR) is 133 cm³/mol. The number of rotatable bonds is 8. The van der Waals surface area contributed by atoms with Crippen LogP contribution in [0.4, 0.5) is 24.5 Å². The van der Waals surface area contributed by atoms with Gasteiger partial charge in [-0.3, -0.25) is 9.59 Å². The number of unbranched alkanes of at least 4 members (excludes halogenated alkanes) is 1. The molecular weight excluding hydrogens is 457 g/mol. The van der Waals surface area contributed by atoms with E-state index in [-0.39, 0.29) is 34.0 Å². The Morgan fingerprint density at radius 3 is 2.34 bits per heavy atom. The highest BCUT2D eigenvalue weighted by molar-refractivity contribution is 5.95. The van der Waals surface area contributed by atoms with Crippen molar-refractivity contribution in [3.05, 3.63) is 58.0 Å². The third-order valence-corrected chi connectivity index (χ3v) is 5.60. The second-order valence-electron chi connectivity index (χ2n) is 10.1. The van der Waals surface area contributed by atoms with Gasteiger partial charge in [0.05, 0.1) is 16.8 Å². The Kier molecular flexibility index (Phi) is 7.93. The molecule has 0 fully saturated rings. The molecular formula is C27H31F3N2O3. The van der Waals surface area contributed by atoms with Crippen LogP contribution >= 0.6 is 0 Å². The van der Waals surface area contributed by atoms with Gasteiger partial charge in [-0.1, -0.05) is 47.5 Å². The first-order chi connectivity index (χ1) is 16.4. The lowest BCUT2D eigenvalue weighted by molar-refractivity contribution is -0.123. The lowest BCUT2D eigenvalue weighted by Crippen LogP contribution is -2.28. The normalized spacial score (nSPS) is 11.8. The van der Waals surface area contributed by atoms with E-state index < -0.39 is 33.9 Å². The van der Waals surface area contributed by atoms with Crippen molar-refractivity contribution in [1.29, 1.82) is 0 Å². The van der Waals surface area contributed by atoms with Crippen molar-refractivity contribution in [1.82, 2.24) is 0 Å². The van der Waals surface area contributed by atoms with Gasteiger partial charge in [0, 0.05) is 29.7 Å². The summed E-state index contributed by atoms with van der Waals surface area (Å²) >= 11 is 0. The molecule has 188 valence electrons. The zero-order chi connectivity index (χ0) is 25.9. The Labute approximate surface area is 202 Å². The maximum absolute atomic E-state index is 14.7. The fourth-order valence-electron chi connectivity index (χ4n) is 3.55. The lowest BCUT2D eigenvalue weighted by Gasteiger charge is -2.18. The molecule has 1 aromatic heterocycles. The van der Waals surface area contributed by atoms with Crippen LogP contribution in [-0.4, -0.2) is 12.5 Å². The average molecular weight is 489 g/mol. The standard InChI is InChI=1S/C27H31F3N2O3/c1-15(2)8-6-7-11-31-24-18(29)13-19(30)25-23(24)21(33)14-22(35-25)16-9-10-20(17(28)12-16)32-26(34)27(3,4)5/h9-10,12-15,31H,6-8,11H2,1-5H3,(H,32,34). The first-order valence-corrected chi connectivity index (χ1v) is 11.7. The van der Waals surface area contributed by atoms with Gasteiger partial charge in [0.2, 0.25) is 5.91 Å². The van der Waals surface area contributed by atoms with E-state index >= 15 is 0 Å². The van der Waals surface area contributed by atoms with Crippen LogP contribution in [0.5, 0.6) is 0 Å². The Hall–Kier alpha value is -3.29. The van der Waals surface area contributed by atoms with Gasteiger partial charge in [-0.25, -0.2) is 13.2 Å². The molecule has 0 aliphatic carbocycles. The van der Waals surface area contributed by atoms with Crippen LogP contribution in [0.1, 0.15) is 53.9 Å². The number of nitrogens with one attached hydrogen (secondary N) is 2. The maximum atomic E-state index is 14.7. The number of amides is 1. The van der Waals surface area contributed by atoms with E-state index in [0.29, 0.717) is 18.5 Å². The highest BCUT2D eigenvalue weighted by Gasteiger charge is 2.23. The van der Waals surface area contributed by atoms with Crippen LogP contribution in [-0.2, 0) is 4.79 Å². The summed E-state index contributed by atoms with van der Waals surface area (Å²) in [5, 5.41) is 5.18. The van der Waals surface area contributed by atoms with Gasteiger partial charge < -0.3 is 15.1 Å². The van der Waals surface area contributed by atoms with Crippen LogP contribution in [0.2, 0.25) is 0 Å². The largest absolute Gasteiger partial charge is 0.453 e. The number of anilines is 2. The number of carbonyl (C=O) groups excluding carboxylic acids is 1. The third kappa shape index (κ3) is 6.24. The van der Waals surface area contributed by atoms with Crippen molar-refractivity contribution in [2.45, 2.75) is 53.9 Å². The molecule has 2 aromatic carbocycles. The monoisotopic (exact) mass is 488 g/mol. The minimum atomic E-state index is -1.03. The van der Waals surface area contributed by atoms with Gasteiger partial charge in [-0.05, 0) is 30.5 Å². The number of fused-ring (bicyclic) bond motifs is 1. The zero-order valence-corrected chi connectivity index (χ0v) is 20.7. The van der Waals surface area contributed by atoms with E-state index in [4.69, 9.17) is 4.42 Å². The van der Waals surface area contributed by atoms with E-state index in [1.165, 1.54) is 12.1 Å². The molecule has 2 N–H and O–H groups in total. The molecule has 0 saturated heterocycles. The summed E-state index contributed by atoms with van der Waals surface area (Å²) in [6, 6.07) is 5.60. The van der Waals surface area contributed by atoms with Gasteiger partial charge in [0.25, 0.3) is 0 Å². The van der Waals surface area contributed by atoms with Gasteiger partial charge in [0.1, 0.15) is 17.4 Å². The first-order valence-electron chi connectivity index (χ1n) is 11.7. The minimum absolute atomic E-state index is 0.0333. The number of carbonyl (C=O) groups is 1. The summed E-state index contributed by atoms with van der Waals surface area (Å²) in [4.78, 5) is 25.1. The number of benzene rings is 2. The number of hydrogen-bond donors (Lipinski definition) is 2. The predicted octanol–water partition coefficient (Wildman–Crippen LogP) is 7.10. The number of hydrogen-bond acceptors (Lipinski definition) is 4. The molecule has 0 spiro atoms. The van der Waals surface area contributed by atoms with Gasteiger partial charge in [-0.15, -0.1) is 0 Å². The Morgan fingerprint density at radius 1 is 1.00 bits per heavy atom. The van der Waals surface area contributed by atoms with Crippen molar-refractivity contribution >= 4 is 28.3 Å². The molecule has 35 heavy (non-hydrogen) atoms. The van der Waals surface area contributed by atoms with Crippen LogP contribution in [0, 0.1) is 28.8 Å². The van der Waals surface area contributed by atoms with E-state index in [9.17, 15) is 22.8 Å². The molecule has 0 radical (unpaired) electrons. The van der Waals surface area contributed by atoms with Gasteiger partial charge >= 0.3 is 0 Å². The lowest BCUT2D eigenvalue weighted by atomic mass is 9.95. The molecule has 0 bridgehead atoms. The Balaban J connectivity index is 1.94. The van der Waals surface area contributed by atoms with Crippen molar-refractivity contribution in [3.8, 4) is 11.3 Å². The van der Waals surface area contributed by atoms with E-state index in [1.807, 2.05) is 0 Å². The molecule has 3 aromatic rings. The van der Waals surface area contributed by atoms with E-state index in [2.05, 4.69) is 24.5 Å². The van der Waals surface area contributed by atoms with Crippen molar-refractivity contribution in [2.24, 2.45) is 11.3 Å². The van der Waals surface area contributed by atoms with Crippen molar-refractivity contribution in [3.63, 3.8) is 0 Å². The second-order valence-corrected chi connectivity index (χ2v) is 10.1. The van der Waals surface area contributed by atoms with E-state index in [0.717, 1.165) is 31.4 Å². The maximum Gasteiger partial charge on any atom is 0.229 e. The SMILES string of the molecule is CC(C)CCCCNc1c(F)cc(F)c2oc(-c3ccc(NC(=O)C(C)(C)C)c(F)c3)cc(=O)c12. The second kappa shape index (κ2) is 10.5. The molecule has 0 saturated carbocycles. The van der Waals surface area contributed by atoms with Crippen LogP contribution in [0.15, 0.2) is 39.5 Å². The third-order valence-electron chi connectivity index (χ3n) is 5.60. The summed E-state index contributed by atoms with van der Waals surface area (Å²) in [7, 11) is 0. The minimum Gasteiger partial charge on any atom is -0.453 e. The van der Waals surface area contributed by atoms with Crippen LogP contribution in [0.25, 0.3) is 22.3 Å². The molecule has 0 aliphatic heterocycles. The van der Waals surface area contributed by atoms with Crippen LogP contribution in [0.3, 0.4) is 0 Å². The summed E-state index contributed by atoms with van der Waals surface area (Å²) in [5.41, 5.74) is -1.77. The highest BCUT2D eigenvalue weighted by Crippen LogP contribution is 2.32. The number of halogens is 3. The topological polar surface area (TPSA) is 71.3 Å². The molecule has 8 heteroatoms. The average Bonchev–Trinajstić information content (AvgIpc) is 2.76. The summed E-state index contributed by atoms with van der Waals surface area (Å²) < 4.78 is 49.4. The molecule has 1 amide bonds. The van der Waals surface area contributed by atoms with Crippen molar-refractivity contribution in [2.75, 3.05) is 17.2 Å². The van der Waals surface area contributed by atoms with Gasteiger partial charge in [-0.2, -0.15) is 0 Å². The summed E-state index contributed by atoms with van der Waals surface area (Å²) in [6.45, 7) is 9.74. The Bertz CT molecular complexity index is 1290. The molecule has 3 rings (SSSR count). The molecule has 0 unspecified atom stereocenters. The fraction of sp³-hybridized carbons (Fsp3) is 0.407. The molecule has 5 nitrogen and oxygen atoms in total. The molecule has 1 heterocycles. The zero-order valence-electron chi connectivity index (χ0n) is 20.7. The van der Waals surface area contributed by atoms with Crippen molar-refractivity contribution < 1.29 is 22.4 Å². The van der Waals surface area contributed by atoms with E-state index in [1.54, 1.807) is 20.8 Å². The first kappa shape index (κ1) is 26.3. The highest BCUT2D eigenvalue weighted by atomic mass is 19.1. The quantitative estimate of drug-likeness (QED) is 0.332. The van der Waals surface area contributed by atoms with Gasteiger partial charge in [0.15, 0.2) is 16.8 Å². The summed E-state index contributed by atoms with van der Waals surface area (Å²) in [6.07, 6.45) is 2.72. The van der Waals surface area contributed by atoms with Crippen LogP contribution < -0.4 is 16.1 Å². The molecule has 0 atom stereocenters. The molecule has 0 aliphatic rings. The smallest absolute Gasteiger partial charge is 0.229 e. The Morgan fingerprint density at radius 2 is 1.71 bits per heavy atom. The fourth-order valence-corrected chi connectivity index (χ4v) is 3.55.